The number of phenols is 2. The molecule has 0 saturated carbocycles. The number of hydrogen-bond acceptors (Lipinski definition) is 7. The first-order valence-electron chi connectivity index (χ1n) is 7.82. The molecule has 0 amide bonds. The number of anilines is 1. The van der Waals surface area contributed by atoms with Crippen molar-refractivity contribution in [1.29, 1.82) is 0 Å². The lowest BCUT2D eigenvalue weighted by Crippen LogP contribution is -2.00. The minimum Gasteiger partial charge on any atom is -0.506 e. The Kier molecular flexibility index (Phi) is 4.50. The van der Waals surface area contributed by atoms with Crippen molar-refractivity contribution in [2.75, 3.05) is 5.73 Å². The normalized spacial score (nSPS) is 12.1. The highest BCUT2D eigenvalue weighted by Crippen LogP contribution is 2.44. The number of aryl methyl sites for hydroxylation is 2. The van der Waals surface area contributed by atoms with Crippen LogP contribution in [0.1, 0.15) is 11.1 Å². The van der Waals surface area contributed by atoms with Crippen molar-refractivity contribution in [2.24, 2.45) is 10.2 Å². The van der Waals surface area contributed by atoms with Crippen molar-refractivity contribution in [3.05, 3.63) is 47.5 Å². The molecule has 3 aromatic rings. The third-order valence-electron chi connectivity index (χ3n) is 3.99. The topological polar surface area (TPSA) is 146 Å². The van der Waals surface area contributed by atoms with Gasteiger partial charge in [0.25, 0.3) is 10.1 Å². The highest BCUT2D eigenvalue weighted by Gasteiger charge is 2.23. The number of nitrogens with zero attached hydrogens (tertiary/aromatic N) is 2. The number of azo groups is 1. The first-order valence-corrected chi connectivity index (χ1v) is 9.26. The molecule has 5 N–H and O–H groups in total. The molecule has 3 rings (SSSR count). The third kappa shape index (κ3) is 3.55. The summed E-state index contributed by atoms with van der Waals surface area (Å²) in [6.07, 6.45) is 0. The minimum absolute atomic E-state index is 0.0678. The van der Waals surface area contributed by atoms with E-state index in [0.29, 0.717) is 5.39 Å². The molecule has 27 heavy (non-hydrogen) atoms. The van der Waals surface area contributed by atoms with Crippen molar-refractivity contribution < 1.29 is 23.2 Å². The van der Waals surface area contributed by atoms with Gasteiger partial charge in [-0.25, -0.2) is 0 Å². The fourth-order valence-corrected chi connectivity index (χ4v) is 3.45. The average Bonchev–Trinajstić information content (AvgIpc) is 2.53. The molecule has 140 valence electrons. The molecule has 0 saturated heterocycles. The largest absolute Gasteiger partial charge is 0.506 e. The van der Waals surface area contributed by atoms with Crippen LogP contribution in [0, 0.1) is 13.8 Å². The minimum atomic E-state index is -4.71. The Morgan fingerprint density at radius 1 is 0.963 bits per heavy atom. The molecule has 0 aliphatic heterocycles. The zero-order chi connectivity index (χ0) is 19.9. The SMILES string of the molecule is Cc1ccc(N=Nc2c(S(=O)(=O)O)cc3cc(C)cc(N)c3c2O)c(O)c1. The van der Waals surface area contributed by atoms with Crippen LogP contribution in [0.2, 0.25) is 0 Å². The van der Waals surface area contributed by atoms with Crippen molar-refractivity contribution in [3.63, 3.8) is 0 Å². The maximum atomic E-state index is 11.8. The van der Waals surface area contributed by atoms with Crippen LogP contribution in [0.15, 0.2) is 51.5 Å². The fraction of sp³-hybridized carbons (Fsp3) is 0.111. The van der Waals surface area contributed by atoms with Gasteiger partial charge < -0.3 is 15.9 Å². The Hall–Kier alpha value is -3.17. The van der Waals surface area contributed by atoms with E-state index in [1.807, 2.05) is 0 Å². The highest BCUT2D eigenvalue weighted by molar-refractivity contribution is 7.86. The summed E-state index contributed by atoms with van der Waals surface area (Å²) in [7, 11) is -4.71. The van der Waals surface area contributed by atoms with E-state index in [2.05, 4.69) is 10.2 Å². The Balaban J connectivity index is 2.30. The Morgan fingerprint density at radius 3 is 2.30 bits per heavy atom. The lowest BCUT2D eigenvalue weighted by molar-refractivity contribution is 0.471. The zero-order valence-corrected chi connectivity index (χ0v) is 15.3. The Bertz CT molecular complexity index is 1200. The van der Waals surface area contributed by atoms with Crippen LogP contribution in [-0.2, 0) is 10.1 Å². The second-order valence-electron chi connectivity index (χ2n) is 6.19. The van der Waals surface area contributed by atoms with Crippen molar-refractivity contribution >= 4 is 38.0 Å². The maximum Gasteiger partial charge on any atom is 0.296 e. The van der Waals surface area contributed by atoms with E-state index in [0.717, 1.165) is 17.2 Å². The molecular formula is C18H17N3O5S. The fourth-order valence-electron chi connectivity index (χ4n) is 2.79. The van der Waals surface area contributed by atoms with Crippen LogP contribution in [0.5, 0.6) is 11.5 Å². The molecule has 0 unspecified atom stereocenters. The van der Waals surface area contributed by atoms with E-state index >= 15 is 0 Å². The maximum absolute atomic E-state index is 11.8. The number of benzene rings is 3. The molecule has 0 aromatic heterocycles. The Morgan fingerprint density at radius 2 is 1.67 bits per heavy atom. The summed E-state index contributed by atoms with van der Waals surface area (Å²) in [6, 6.07) is 9.01. The summed E-state index contributed by atoms with van der Waals surface area (Å²) in [5, 5.41) is 28.6. The van der Waals surface area contributed by atoms with E-state index in [9.17, 15) is 23.2 Å². The second-order valence-corrected chi connectivity index (χ2v) is 7.58. The summed E-state index contributed by atoms with van der Waals surface area (Å²) in [6.45, 7) is 3.53. The van der Waals surface area contributed by atoms with Crippen LogP contribution in [0.4, 0.5) is 17.1 Å². The van der Waals surface area contributed by atoms with Gasteiger partial charge in [-0.2, -0.15) is 8.42 Å². The predicted molar refractivity (Wildman–Crippen MR) is 102 cm³/mol. The highest BCUT2D eigenvalue weighted by atomic mass is 32.2. The van der Waals surface area contributed by atoms with Gasteiger partial charge in [0.2, 0.25) is 0 Å². The molecule has 0 spiro atoms. The van der Waals surface area contributed by atoms with E-state index in [1.54, 1.807) is 32.0 Å². The number of nitrogen functional groups attached to an aromatic ring is 1. The summed E-state index contributed by atoms with van der Waals surface area (Å²) >= 11 is 0. The van der Waals surface area contributed by atoms with Crippen LogP contribution >= 0.6 is 0 Å². The third-order valence-corrected chi connectivity index (χ3v) is 4.86. The number of nitrogens with two attached hydrogens (primary N) is 1. The standard InChI is InChI=1S/C18H17N3O5S/c1-9-3-4-13(14(22)7-9)20-21-17-15(27(24,25)26)8-11-5-10(2)6-12(19)16(11)18(17)23/h3-8,22-23H,19H2,1-2H3,(H,24,25,26). The van der Waals surface area contributed by atoms with Gasteiger partial charge >= 0.3 is 0 Å². The van der Waals surface area contributed by atoms with Crippen molar-refractivity contribution in [3.8, 4) is 11.5 Å². The number of fused-ring (bicyclic) bond motifs is 1. The molecule has 0 atom stereocenters. The molecular weight excluding hydrogens is 370 g/mol. The van der Waals surface area contributed by atoms with Gasteiger partial charge in [0, 0.05) is 11.1 Å². The summed E-state index contributed by atoms with van der Waals surface area (Å²) in [5.74, 6) is -0.699. The number of phenolic OH excluding ortho intramolecular Hbond substituents is 2. The average molecular weight is 387 g/mol. The van der Waals surface area contributed by atoms with Crippen LogP contribution in [-0.4, -0.2) is 23.2 Å². The van der Waals surface area contributed by atoms with Gasteiger partial charge in [-0.3, -0.25) is 4.55 Å². The lowest BCUT2D eigenvalue weighted by Gasteiger charge is -2.11. The first kappa shape index (κ1) is 18.6. The van der Waals surface area contributed by atoms with Crippen molar-refractivity contribution in [2.45, 2.75) is 18.7 Å². The second kappa shape index (κ2) is 6.53. The number of aromatic hydroxyl groups is 2. The van der Waals surface area contributed by atoms with Crippen LogP contribution in [0.3, 0.4) is 0 Å². The van der Waals surface area contributed by atoms with Crippen LogP contribution in [0.25, 0.3) is 10.8 Å². The summed E-state index contributed by atoms with van der Waals surface area (Å²) < 4.78 is 33.2. The molecule has 3 aromatic carbocycles. The molecule has 9 heteroatoms. The number of hydrogen-bond donors (Lipinski definition) is 4. The first-order chi connectivity index (χ1) is 12.6. The Labute approximate surface area is 155 Å². The summed E-state index contributed by atoms with van der Waals surface area (Å²) in [5.41, 5.74) is 7.31. The molecule has 0 bridgehead atoms. The van der Waals surface area contributed by atoms with Gasteiger partial charge in [-0.1, -0.05) is 12.1 Å². The van der Waals surface area contributed by atoms with Crippen LogP contribution < -0.4 is 5.73 Å². The lowest BCUT2D eigenvalue weighted by atomic mass is 10.0. The molecule has 0 aliphatic carbocycles. The van der Waals surface area contributed by atoms with E-state index in [1.165, 1.54) is 12.1 Å². The van der Waals surface area contributed by atoms with E-state index in [-0.39, 0.29) is 22.5 Å². The molecule has 0 fully saturated rings. The van der Waals surface area contributed by atoms with Gasteiger partial charge in [-0.05, 0) is 54.6 Å². The van der Waals surface area contributed by atoms with E-state index < -0.39 is 26.5 Å². The smallest absolute Gasteiger partial charge is 0.296 e. The van der Waals surface area contributed by atoms with Crippen molar-refractivity contribution in [1.82, 2.24) is 0 Å². The van der Waals surface area contributed by atoms with E-state index in [4.69, 9.17) is 5.73 Å². The monoisotopic (exact) mass is 387 g/mol. The molecule has 0 aliphatic rings. The van der Waals surface area contributed by atoms with Gasteiger partial charge in [-0.15, -0.1) is 10.2 Å². The summed E-state index contributed by atoms with van der Waals surface area (Å²) in [4.78, 5) is -0.618. The van der Waals surface area contributed by atoms with Gasteiger partial charge in [0.1, 0.15) is 22.0 Å². The quantitative estimate of drug-likeness (QED) is 0.302. The molecule has 0 radical (unpaired) electrons. The number of rotatable bonds is 3. The predicted octanol–water partition coefficient (Wildman–Crippen LogP) is 4.11. The molecule has 8 nitrogen and oxygen atoms in total. The zero-order valence-electron chi connectivity index (χ0n) is 14.5. The molecule has 0 heterocycles. The van der Waals surface area contributed by atoms with Gasteiger partial charge in [0.15, 0.2) is 5.75 Å². The van der Waals surface area contributed by atoms with Gasteiger partial charge in [0.05, 0.1) is 0 Å².